The lowest BCUT2D eigenvalue weighted by molar-refractivity contribution is -0.394. The summed E-state index contributed by atoms with van der Waals surface area (Å²) in [6.45, 7) is 1.16. The third-order valence-corrected chi connectivity index (χ3v) is 11.8. The van der Waals surface area contributed by atoms with Gasteiger partial charge in [-0.3, -0.25) is 34.4 Å². The number of nitrogens with zero attached hydrogens (tertiary/aromatic N) is 6. The number of carbonyl (C=O) groups excluding carboxylic acids is 3. The molecule has 2 aromatic heterocycles. The maximum atomic E-state index is 14.7. The van der Waals surface area contributed by atoms with E-state index in [9.17, 15) is 39.7 Å². The molecule has 2 aromatic carbocycles. The van der Waals surface area contributed by atoms with Crippen molar-refractivity contribution in [1.82, 2.24) is 30.1 Å². The van der Waals surface area contributed by atoms with Crippen molar-refractivity contribution in [3.05, 3.63) is 117 Å². The fourth-order valence-electron chi connectivity index (χ4n) is 7.60. The van der Waals surface area contributed by atoms with Gasteiger partial charge in [0.15, 0.2) is 6.10 Å². The second kappa shape index (κ2) is 22.1. The molecule has 3 heterocycles. The number of nitrogens with one attached hydrogen (secondary N) is 2. The summed E-state index contributed by atoms with van der Waals surface area (Å²) in [5, 5.41) is 42.0. The van der Waals surface area contributed by atoms with Crippen LogP contribution in [0, 0.1) is 26.1 Å². The van der Waals surface area contributed by atoms with Crippen LogP contribution in [0.25, 0.3) is 5.69 Å². The van der Waals surface area contributed by atoms with Crippen LogP contribution >= 0.6 is 11.8 Å². The molecular weight excluding hydrogens is 809 g/mol. The SMILES string of the molecule is O=C(N[C@@H](CC1CCCCC1)[C@@H](O)CCSc1ccccn1)[C@H](Cc1cncn1-c1ccc([N+](=O)[O-])cc1[N+](=O)[O-])NC(=O)[C@H](Cc1ccccc1)OC(=O)N1CCOCC1. The molecule has 2 aliphatic rings. The molecule has 3 amide bonds. The number of hydrogen-bond acceptors (Lipinski definition) is 13. The van der Waals surface area contributed by atoms with Gasteiger partial charge >= 0.3 is 6.09 Å². The monoisotopic (exact) mass is 858 g/mol. The van der Waals surface area contributed by atoms with Crippen LogP contribution < -0.4 is 10.6 Å². The van der Waals surface area contributed by atoms with Crippen molar-refractivity contribution >= 4 is 41.0 Å². The zero-order chi connectivity index (χ0) is 43.1. The first-order valence-electron chi connectivity index (χ1n) is 20.4. The Hall–Kier alpha value is -5.92. The molecule has 324 valence electrons. The Morgan fingerprint density at radius 2 is 1.69 bits per heavy atom. The van der Waals surface area contributed by atoms with Crippen molar-refractivity contribution in [3.8, 4) is 5.69 Å². The van der Waals surface area contributed by atoms with E-state index in [1.54, 1.807) is 30.5 Å². The normalized spacial score (nSPS) is 16.4. The van der Waals surface area contributed by atoms with E-state index in [-0.39, 0.29) is 43.2 Å². The first kappa shape index (κ1) is 44.6. The number of nitro benzene ring substituents is 2. The number of carbonyl (C=O) groups is 3. The number of nitro groups is 2. The van der Waals surface area contributed by atoms with E-state index in [0.717, 1.165) is 49.3 Å². The van der Waals surface area contributed by atoms with Gasteiger partial charge in [0.25, 0.3) is 17.3 Å². The number of aromatic nitrogens is 3. The number of imidazole rings is 1. The topological polar surface area (TPSA) is 234 Å². The van der Waals surface area contributed by atoms with Crippen molar-refractivity contribution in [2.24, 2.45) is 5.92 Å². The number of aliphatic hydroxyl groups excluding tert-OH is 1. The molecule has 19 heteroatoms. The molecule has 3 N–H and O–H groups in total. The predicted octanol–water partition coefficient (Wildman–Crippen LogP) is 5.19. The van der Waals surface area contributed by atoms with Crippen molar-refractivity contribution < 1.29 is 38.8 Å². The van der Waals surface area contributed by atoms with Gasteiger partial charge in [-0.15, -0.1) is 11.8 Å². The Bertz CT molecular complexity index is 2100. The summed E-state index contributed by atoms with van der Waals surface area (Å²) in [6, 6.07) is 15.7. The number of ether oxygens (including phenoxy) is 2. The number of benzene rings is 2. The van der Waals surface area contributed by atoms with Gasteiger partial charge in [-0.1, -0.05) is 68.5 Å². The molecule has 1 saturated heterocycles. The van der Waals surface area contributed by atoms with Gasteiger partial charge in [0, 0.05) is 55.8 Å². The minimum absolute atomic E-state index is 0.0129. The zero-order valence-corrected chi connectivity index (χ0v) is 34.4. The lowest BCUT2D eigenvalue weighted by Gasteiger charge is -2.32. The molecule has 4 aromatic rings. The quantitative estimate of drug-likeness (QED) is 0.0627. The van der Waals surface area contributed by atoms with E-state index in [0.29, 0.717) is 37.4 Å². The number of morpholine rings is 1. The lowest BCUT2D eigenvalue weighted by atomic mass is 9.83. The molecule has 18 nitrogen and oxygen atoms in total. The molecular formula is C42H50N8O10S. The Balaban J connectivity index is 1.30. The molecule has 2 fully saturated rings. The highest BCUT2D eigenvalue weighted by atomic mass is 32.2. The molecule has 1 saturated carbocycles. The molecule has 0 bridgehead atoms. The summed E-state index contributed by atoms with van der Waals surface area (Å²) in [5.74, 6) is -0.633. The highest BCUT2D eigenvalue weighted by molar-refractivity contribution is 7.99. The number of pyridine rings is 1. The Morgan fingerprint density at radius 3 is 2.39 bits per heavy atom. The molecule has 0 unspecified atom stereocenters. The van der Waals surface area contributed by atoms with Crippen LogP contribution in [0.1, 0.15) is 56.2 Å². The summed E-state index contributed by atoms with van der Waals surface area (Å²) < 4.78 is 12.5. The van der Waals surface area contributed by atoms with E-state index < -0.39 is 63.4 Å². The van der Waals surface area contributed by atoms with Crippen LogP contribution in [0.15, 0.2) is 90.5 Å². The fourth-order valence-corrected chi connectivity index (χ4v) is 8.48. The average Bonchev–Trinajstić information content (AvgIpc) is 3.74. The van der Waals surface area contributed by atoms with Gasteiger partial charge in [0.05, 0.1) is 52.6 Å². The van der Waals surface area contributed by atoms with Crippen molar-refractivity contribution in [2.75, 3.05) is 32.1 Å². The molecule has 0 spiro atoms. The van der Waals surface area contributed by atoms with Crippen molar-refractivity contribution in [3.63, 3.8) is 0 Å². The molecule has 61 heavy (non-hydrogen) atoms. The van der Waals surface area contributed by atoms with Gasteiger partial charge in [0.2, 0.25) is 5.91 Å². The van der Waals surface area contributed by atoms with Gasteiger partial charge in [-0.2, -0.15) is 0 Å². The van der Waals surface area contributed by atoms with Crippen LogP contribution in [0.4, 0.5) is 16.2 Å². The fraction of sp³-hybridized carbons (Fsp3) is 0.452. The van der Waals surface area contributed by atoms with Gasteiger partial charge < -0.3 is 30.1 Å². The standard InChI is InChI=1S/C42H50N8O10S/c51-37(16-22-61-39-13-7-8-17-44-39)33(23-29-9-3-1-4-10-29)45-40(52)34(25-32-27-43-28-48(32)35-15-14-31(49(55)56)26-36(35)50(57)58)46-41(53)38(24-30-11-5-2-6-12-30)60-42(54)47-18-20-59-21-19-47/h2,5-8,11-15,17,26-29,33-34,37-38,51H,1,3-4,9-10,16,18-25H2,(H,45,52)(H,46,53)/t33-,34-,37-,38-/m0/s1. The summed E-state index contributed by atoms with van der Waals surface area (Å²) in [5.41, 5.74) is -0.167. The second-order valence-corrected chi connectivity index (χ2v) is 16.2. The largest absolute Gasteiger partial charge is 0.436 e. The van der Waals surface area contributed by atoms with E-state index in [1.165, 1.54) is 39.8 Å². The van der Waals surface area contributed by atoms with Crippen molar-refractivity contribution in [1.29, 1.82) is 0 Å². The Kier molecular flexibility index (Phi) is 16.2. The highest BCUT2D eigenvalue weighted by Gasteiger charge is 2.34. The summed E-state index contributed by atoms with van der Waals surface area (Å²) in [7, 11) is 0. The first-order chi connectivity index (χ1) is 29.5. The average molecular weight is 859 g/mol. The summed E-state index contributed by atoms with van der Waals surface area (Å²) in [4.78, 5) is 74.5. The lowest BCUT2D eigenvalue weighted by Crippen LogP contribution is -2.56. The minimum atomic E-state index is -1.37. The van der Waals surface area contributed by atoms with Crippen molar-refractivity contribution in [2.45, 2.75) is 87.1 Å². The van der Waals surface area contributed by atoms with Crippen LogP contribution in [0.2, 0.25) is 0 Å². The van der Waals surface area contributed by atoms with E-state index in [1.807, 2.05) is 24.3 Å². The third-order valence-electron chi connectivity index (χ3n) is 10.9. The Labute approximate surface area is 356 Å². The minimum Gasteiger partial charge on any atom is -0.436 e. The number of thioether (sulfide) groups is 1. The predicted molar refractivity (Wildman–Crippen MR) is 224 cm³/mol. The number of amides is 3. The van der Waals surface area contributed by atoms with Gasteiger partial charge in [0.1, 0.15) is 11.7 Å². The first-order valence-corrected chi connectivity index (χ1v) is 21.4. The molecule has 6 rings (SSSR count). The van der Waals surface area contributed by atoms with Crippen LogP contribution in [-0.4, -0.2) is 109 Å². The maximum absolute atomic E-state index is 14.7. The van der Waals surface area contributed by atoms with Gasteiger partial charge in [-0.25, -0.2) is 14.8 Å². The number of aliphatic hydroxyl groups is 1. The van der Waals surface area contributed by atoms with Gasteiger partial charge in [-0.05, 0) is 42.5 Å². The highest BCUT2D eigenvalue weighted by Crippen LogP contribution is 2.31. The van der Waals surface area contributed by atoms with Crippen LogP contribution in [0.3, 0.4) is 0 Å². The number of rotatable bonds is 19. The molecule has 4 atom stereocenters. The smallest absolute Gasteiger partial charge is 0.410 e. The second-order valence-electron chi connectivity index (χ2n) is 15.1. The molecule has 1 aliphatic carbocycles. The molecule has 1 aliphatic heterocycles. The zero-order valence-electron chi connectivity index (χ0n) is 33.6. The maximum Gasteiger partial charge on any atom is 0.410 e. The van der Waals surface area contributed by atoms with Crippen LogP contribution in [-0.2, 0) is 31.9 Å². The summed E-state index contributed by atoms with van der Waals surface area (Å²) in [6.07, 6.45) is 6.96. The van der Waals surface area contributed by atoms with E-state index >= 15 is 0 Å². The Morgan fingerprint density at radius 1 is 0.934 bits per heavy atom. The van der Waals surface area contributed by atoms with E-state index in [4.69, 9.17) is 9.47 Å². The molecule has 0 radical (unpaired) electrons. The van der Waals surface area contributed by atoms with Crippen LogP contribution in [0.5, 0.6) is 0 Å². The third kappa shape index (κ3) is 12.8. The van der Waals surface area contributed by atoms with E-state index in [2.05, 4.69) is 20.6 Å². The number of non-ortho nitro benzene ring substituents is 1. The number of hydrogen-bond donors (Lipinski definition) is 3. The summed E-state index contributed by atoms with van der Waals surface area (Å²) >= 11 is 1.48.